The van der Waals surface area contributed by atoms with Gasteiger partial charge in [0, 0.05) is 23.3 Å². The number of amidine groups is 1. The summed E-state index contributed by atoms with van der Waals surface area (Å²) >= 11 is 1.27. The van der Waals surface area contributed by atoms with Crippen molar-refractivity contribution in [1.82, 2.24) is 4.90 Å². The number of nitrogens with one attached hydrogen (secondary N) is 1. The summed E-state index contributed by atoms with van der Waals surface area (Å²) in [6, 6.07) is 5.39. The van der Waals surface area contributed by atoms with E-state index in [2.05, 4.69) is 10.3 Å². The number of nitrogens with zero attached hydrogens (tertiary/aromatic N) is 3. The second kappa shape index (κ2) is 8.93. The Labute approximate surface area is 179 Å². The Hall–Kier alpha value is -2.78. The molecule has 4 amide bonds. The second-order valence-electron chi connectivity index (χ2n) is 7.27. The van der Waals surface area contributed by atoms with Gasteiger partial charge in [0.25, 0.3) is 5.84 Å². The molecule has 1 unspecified atom stereocenters. The van der Waals surface area contributed by atoms with Gasteiger partial charge in [-0.15, -0.1) is 16.8 Å². The monoisotopic (exact) mass is 429 g/mol. The van der Waals surface area contributed by atoms with E-state index >= 15 is 0 Å². The van der Waals surface area contributed by atoms with Crippen LogP contribution in [0.3, 0.4) is 0 Å². The molecule has 2 aliphatic heterocycles. The number of urea groups is 1. The van der Waals surface area contributed by atoms with Crippen LogP contribution >= 0.6 is 11.8 Å². The van der Waals surface area contributed by atoms with Crippen molar-refractivity contribution in [3.63, 3.8) is 0 Å². The number of carbonyl (C=O) groups excluding carboxylic acids is 3. The van der Waals surface area contributed by atoms with Gasteiger partial charge in [0.15, 0.2) is 5.92 Å². The van der Waals surface area contributed by atoms with Crippen molar-refractivity contribution < 1.29 is 23.7 Å². The first-order chi connectivity index (χ1) is 14.2. The maximum absolute atomic E-state index is 12.9. The zero-order chi connectivity index (χ0) is 22.0. The number of ether oxygens (including phenoxy) is 1. The number of aliphatic imine (C=N–C) groups is 1. The van der Waals surface area contributed by atoms with Gasteiger partial charge >= 0.3 is 11.9 Å². The van der Waals surface area contributed by atoms with Crippen LogP contribution in [0.15, 0.2) is 33.7 Å². The first kappa shape index (κ1) is 21.9. The minimum absolute atomic E-state index is 0.113. The van der Waals surface area contributed by atoms with Crippen LogP contribution in [0.25, 0.3) is 0 Å². The molecule has 0 aromatic heterocycles. The number of hydrogen-bond donors (Lipinski definition) is 1. The molecule has 2 aliphatic rings. The molecule has 30 heavy (non-hydrogen) atoms. The number of carbonyl (C=O) groups is 3. The fourth-order valence-corrected chi connectivity index (χ4v) is 4.45. The normalized spacial score (nSPS) is 18.8. The van der Waals surface area contributed by atoms with Gasteiger partial charge in [-0.2, -0.15) is 9.48 Å². The van der Waals surface area contributed by atoms with Gasteiger partial charge in [0.2, 0.25) is 5.91 Å². The number of fused-ring (bicyclic) bond motifs is 1. The molecular formula is C21H25N4O4S+. The van der Waals surface area contributed by atoms with E-state index in [1.165, 1.54) is 23.4 Å². The van der Waals surface area contributed by atoms with E-state index in [1.807, 2.05) is 32.0 Å². The molecule has 1 atom stereocenters. The lowest BCUT2D eigenvalue weighted by atomic mass is 9.98. The van der Waals surface area contributed by atoms with Gasteiger partial charge in [-0.05, 0) is 25.5 Å². The van der Waals surface area contributed by atoms with Gasteiger partial charge in [0.1, 0.15) is 6.21 Å². The fraction of sp³-hybridized carbons (Fsp3) is 0.381. The van der Waals surface area contributed by atoms with Gasteiger partial charge < -0.3 is 10.1 Å². The molecule has 9 heteroatoms. The van der Waals surface area contributed by atoms with E-state index < -0.39 is 11.9 Å². The standard InChI is InChI=1S/C21H24N4O4S/c1-12-6-7-15(13(2)8-12)23-16(26)11-30-18-14(10-29-5)9-22-19-17(18)20(27)25(4)21(28)24(19)3/h6-9,17H,10-11H2,1-5H3/p+1. The smallest absolute Gasteiger partial charge is 0.380 e. The zero-order valence-electron chi connectivity index (χ0n) is 17.7. The van der Waals surface area contributed by atoms with Crippen LogP contribution < -0.4 is 5.32 Å². The Bertz CT molecular complexity index is 1010. The Morgan fingerprint density at radius 3 is 2.73 bits per heavy atom. The lowest BCUT2D eigenvalue weighted by molar-refractivity contribution is -0.407. The third-order valence-electron chi connectivity index (χ3n) is 5.00. The number of anilines is 1. The topological polar surface area (TPSA) is 91.1 Å². The summed E-state index contributed by atoms with van der Waals surface area (Å²) in [5.74, 6) is -0.800. The third kappa shape index (κ3) is 4.22. The van der Waals surface area contributed by atoms with Gasteiger partial charge in [-0.1, -0.05) is 17.7 Å². The lowest BCUT2D eigenvalue weighted by Crippen LogP contribution is -2.53. The van der Waals surface area contributed by atoms with Crippen molar-refractivity contribution in [1.29, 1.82) is 0 Å². The summed E-state index contributed by atoms with van der Waals surface area (Å²) in [6.07, 6.45) is 1.60. The Kier molecular flexibility index (Phi) is 6.52. The Morgan fingerprint density at radius 2 is 2.07 bits per heavy atom. The number of rotatable bonds is 6. The average molecular weight is 430 g/mol. The summed E-state index contributed by atoms with van der Waals surface area (Å²) in [5.41, 5.74) is 3.59. The fourth-order valence-electron chi connectivity index (χ4n) is 3.42. The molecule has 0 bridgehead atoms. The highest BCUT2D eigenvalue weighted by Gasteiger charge is 2.48. The molecule has 1 N–H and O–H groups in total. The van der Waals surface area contributed by atoms with Crippen LogP contribution in [0.2, 0.25) is 0 Å². The molecule has 8 nitrogen and oxygen atoms in total. The van der Waals surface area contributed by atoms with Crippen LogP contribution in [-0.4, -0.2) is 72.9 Å². The summed E-state index contributed by atoms with van der Waals surface area (Å²) in [4.78, 5) is 43.8. The maximum atomic E-state index is 12.9. The first-order valence-corrected chi connectivity index (χ1v) is 10.4. The number of benzene rings is 1. The molecular weight excluding hydrogens is 404 g/mol. The molecule has 0 spiro atoms. The molecule has 0 saturated heterocycles. The number of hydrogen-bond acceptors (Lipinski definition) is 6. The highest BCUT2D eigenvalue weighted by atomic mass is 32.2. The molecule has 1 aromatic carbocycles. The van der Waals surface area contributed by atoms with Crippen molar-refractivity contribution in [2.24, 2.45) is 10.9 Å². The summed E-state index contributed by atoms with van der Waals surface area (Å²) in [6.45, 7) is 4.19. The van der Waals surface area contributed by atoms with Crippen molar-refractivity contribution in [2.75, 3.05) is 38.9 Å². The molecule has 0 aliphatic carbocycles. The molecule has 1 aromatic rings. The lowest BCUT2D eigenvalue weighted by Gasteiger charge is -2.28. The van der Waals surface area contributed by atoms with E-state index in [0.717, 1.165) is 27.3 Å². The number of thioether (sulfide) groups is 1. The first-order valence-electron chi connectivity index (χ1n) is 9.42. The summed E-state index contributed by atoms with van der Waals surface area (Å²) in [5, 5.41) is 2.92. The number of aryl methyl sites for hydroxylation is 2. The summed E-state index contributed by atoms with van der Waals surface area (Å²) in [7, 11) is 4.59. The zero-order valence-corrected chi connectivity index (χ0v) is 18.5. The Balaban J connectivity index is 1.84. The third-order valence-corrected chi connectivity index (χ3v) is 6.21. The summed E-state index contributed by atoms with van der Waals surface area (Å²) < 4.78 is 6.62. The van der Waals surface area contributed by atoms with E-state index in [9.17, 15) is 14.4 Å². The van der Waals surface area contributed by atoms with Crippen molar-refractivity contribution in [3.8, 4) is 0 Å². The SMILES string of the molecule is COCC1=C(SCC(=O)Nc2ccc(C)cc2C)C2C(=O)N(C)C(=O)[N+](C)=C2N=C1. The van der Waals surface area contributed by atoms with Crippen LogP contribution in [0.4, 0.5) is 10.5 Å². The van der Waals surface area contributed by atoms with Gasteiger partial charge in [0.05, 0.1) is 26.5 Å². The van der Waals surface area contributed by atoms with Gasteiger partial charge in [-0.3, -0.25) is 9.59 Å². The molecule has 158 valence electrons. The molecule has 2 heterocycles. The second-order valence-corrected chi connectivity index (χ2v) is 8.28. The van der Waals surface area contributed by atoms with Crippen LogP contribution in [0, 0.1) is 19.8 Å². The molecule has 0 saturated carbocycles. The minimum atomic E-state index is -0.730. The van der Waals surface area contributed by atoms with E-state index in [4.69, 9.17) is 4.74 Å². The predicted molar refractivity (Wildman–Crippen MR) is 117 cm³/mol. The maximum Gasteiger partial charge on any atom is 0.445 e. The quantitative estimate of drug-likeness (QED) is 0.700. The number of amides is 4. The number of dihydropyridines is 1. The van der Waals surface area contributed by atoms with Crippen LogP contribution in [-0.2, 0) is 14.3 Å². The average Bonchev–Trinajstić information content (AvgIpc) is 2.71. The van der Waals surface area contributed by atoms with Crippen molar-refractivity contribution in [2.45, 2.75) is 13.8 Å². The molecule has 0 fully saturated rings. The molecule has 3 rings (SSSR count). The van der Waals surface area contributed by atoms with Gasteiger partial charge in [-0.25, -0.2) is 4.79 Å². The van der Waals surface area contributed by atoms with Crippen LogP contribution in [0.1, 0.15) is 11.1 Å². The largest absolute Gasteiger partial charge is 0.445 e. The minimum Gasteiger partial charge on any atom is -0.380 e. The van der Waals surface area contributed by atoms with Crippen molar-refractivity contribution >= 4 is 47.3 Å². The van der Waals surface area contributed by atoms with E-state index in [-0.39, 0.29) is 24.2 Å². The Morgan fingerprint density at radius 1 is 1.33 bits per heavy atom. The molecule has 0 radical (unpaired) electrons. The van der Waals surface area contributed by atoms with Crippen LogP contribution in [0.5, 0.6) is 0 Å². The van der Waals surface area contributed by atoms with E-state index in [0.29, 0.717) is 10.7 Å². The predicted octanol–water partition coefficient (Wildman–Crippen LogP) is 2.21. The van der Waals surface area contributed by atoms with E-state index in [1.54, 1.807) is 20.4 Å². The van der Waals surface area contributed by atoms with Crippen molar-refractivity contribution in [3.05, 3.63) is 39.8 Å². The number of methoxy groups -OCH3 is 1. The number of imide groups is 1. The highest BCUT2D eigenvalue weighted by Crippen LogP contribution is 2.35. The highest BCUT2D eigenvalue weighted by molar-refractivity contribution is 8.03.